The van der Waals surface area contributed by atoms with Gasteiger partial charge in [0, 0.05) is 26.1 Å². The van der Waals surface area contributed by atoms with Crippen molar-refractivity contribution in [3.63, 3.8) is 0 Å². The maximum atomic E-state index is 11.3. The van der Waals surface area contributed by atoms with Gasteiger partial charge in [0.2, 0.25) is 5.91 Å². The molecule has 0 saturated carbocycles. The first kappa shape index (κ1) is 12.4. The van der Waals surface area contributed by atoms with Crippen LogP contribution in [-0.4, -0.2) is 30.6 Å². The Morgan fingerprint density at radius 2 is 2.28 bits per heavy atom. The van der Waals surface area contributed by atoms with Gasteiger partial charge in [-0.05, 0) is 17.7 Å². The van der Waals surface area contributed by atoms with E-state index in [2.05, 4.69) is 11.4 Å². The molecule has 2 rings (SSSR count). The number of aliphatic hydroxyl groups is 1. The second-order valence-corrected chi connectivity index (χ2v) is 4.21. The molecule has 1 fully saturated rings. The fraction of sp³-hybridized carbons (Fsp3) is 0.385. The fourth-order valence-corrected chi connectivity index (χ4v) is 2.05. The summed E-state index contributed by atoms with van der Waals surface area (Å²) in [7, 11) is 0. The SMILES string of the molecule is N#Cc1cc(CO)ccc1N1CCNC(=O)CC1. The number of nitrogens with one attached hydrogen (secondary N) is 1. The highest BCUT2D eigenvalue weighted by Gasteiger charge is 2.16. The molecule has 0 atom stereocenters. The zero-order valence-electron chi connectivity index (χ0n) is 10.0. The number of hydrogen-bond acceptors (Lipinski definition) is 4. The summed E-state index contributed by atoms with van der Waals surface area (Å²) in [5.74, 6) is 0.0444. The lowest BCUT2D eigenvalue weighted by Gasteiger charge is -2.23. The quantitative estimate of drug-likeness (QED) is 0.789. The van der Waals surface area contributed by atoms with Crippen LogP contribution in [0, 0.1) is 11.3 Å². The number of nitriles is 1. The molecule has 0 aliphatic carbocycles. The highest BCUT2D eigenvalue weighted by molar-refractivity contribution is 5.77. The van der Waals surface area contributed by atoms with Crippen molar-refractivity contribution in [2.24, 2.45) is 0 Å². The minimum absolute atomic E-state index is 0.0444. The molecule has 0 spiro atoms. The van der Waals surface area contributed by atoms with Crippen LogP contribution < -0.4 is 10.2 Å². The van der Waals surface area contributed by atoms with Crippen molar-refractivity contribution in [2.45, 2.75) is 13.0 Å². The molecule has 2 N–H and O–H groups in total. The Hall–Kier alpha value is -2.06. The Morgan fingerprint density at radius 1 is 1.44 bits per heavy atom. The van der Waals surface area contributed by atoms with Crippen molar-refractivity contribution in [3.8, 4) is 6.07 Å². The Balaban J connectivity index is 2.27. The first-order chi connectivity index (χ1) is 8.74. The molecule has 0 radical (unpaired) electrons. The normalized spacial score (nSPS) is 15.8. The van der Waals surface area contributed by atoms with Gasteiger partial charge in [0.15, 0.2) is 0 Å². The smallest absolute Gasteiger partial charge is 0.221 e. The molecule has 5 heteroatoms. The molecule has 1 aromatic carbocycles. The van der Waals surface area contributed by atoms with Crippen LogP contribution in [0.5, 0.6) is 0 Å². The van der Waals surface area contributed by atoms with E-state index in [4.69, 9.17) is 10.4 Å². The van der Waals surface area contributed by atoms with E-state index in [1.54, 1.807) is 12.1 Å². The second kappa shape index (κ2) is 5.52. The number of amides is 1. The summed E-state index contributed by atoms with van der Waals surface area (Å²) in [4.78, 5) is 13.3. The van der Waals surface area contributed by atoms with E-state index in [0.29, 0.717) is 31.6 Å². The van der Waals surface area contributed by atoms with E-state index in [1.165, 1.54) is 0 Å². The Bertz CT molecular complexity index is 493. The molecular formula is C13H15N3O2. The molecule has 1 aliphatic rings. The number of rotatable bonds is 2. The summed E-state index contributed by atoms with van der Waals surface area (Å²) in [5.41, 5.74) is 2.08. The van der Waals surface area contributed by atoms with E-state index in [-0.39, 0.29) is 12.5 Å². The van der Waals surface area contributed by atoms with Gasteiger partial charge < -0.3 is 15.3 Å². The van der Waals surface area contributed by atoms with Crippen LogP contribution in [0.25, 0.3) is 0 Å². The lowest BCUT2D eigenvalue weighted by atomic mass is 10.1. The summed E-state index contributed by atoms with van der Waals surface area (Å²) in [6.07, 6.45) is 0.437. The lowest BCUT2D eigenvalue weighted by molar-refractivity contribution is -0.120. The molecule has 94 valence electrons. The van der Waals surface area contributed by atoms with Gasteiger partial charge in [-0.15, -0.1) is 0 Å². The zero-order valence-corrected chi connectivity index (χ0v) is 10.0. The van der Waals surface area contributed by atoms with Crippen LogP contribution in [0.3, 0.4) is 0 Å². The third-order valence-electron chi connectivity index (χ3n) is 3.02. The number of carbonyl (C=O) groups is 1. The highest BCUT2D eigenvalue weighted by atomic mass is 16.3. The first-order valence-corrected chi connectivity index (χ1v) is 5.90. The van der Waals surface area contributed by atoms with Gasteiger partial charge >= 0.3 is 0 Å². The molecule has 5 nitrogen and oxygen atoms in total. The van der Waals surface area contributed by atoms with E-state index in [1.807, 2.05) is 11.0 Å². The number of benzene rings is 1. The predicted octanol–water partition coefficient (Wildman–Crippen LogP) is 0.377. The minimum atomic E-state index is -0.0744. The summed E-state index contributed by atoms with van der Waals surface area (Å²) >= 11 is 0. The Labute approximate surface area is 106 Å². The summed E-state index contributed by atoms with van der Waals surface area (Å²) in [6.45, 7) is 1.82. The largest absolute Gasteiger partial charge is 0.392 e. The molecule has 1 heterocycles. The standard InChI is InChI=1S/C13H15N3O2/c14-8-11-7-10(9-17)1-2-12(11)16-5-3-13(18)15-4-6-16/h1-2,7,17H,3-6,9H2,(H,15,18). The van der Waals surface area contributed by atoms with Gasteiger partial charge in [0.25, 0.3) is 0 Å². The molecule has 1 amide bonds. The highest BCUT2D eigenvalue weighted by Crippen LogP contribution is 2.22. The van der Waals surface area contributed by atoms with Crippen LogP contribution >= 0.6 is 0 Å². The first-order valence-electron chi connectivity index (χ1n) is 5.90. The van der Waals surface area contributed by atoms with E-state index in [0.717, 1.165) is 11.3 Å². The van der Waals surface area contributed by atoms with Gasteiger partial charge in [0.1, 0.15) is 6.07 Å². The molecule has 0 bridgehead atoms. The summed E-state index contributed by atoms with van der Waals surface area (Å²) < 4.78 is 0. The third-order valence-corrected chi connectivity index (χ3v) is 3.02. The lowest BCUT2D eigenvalue weighted by Crippen LogP contribution is -2.28. The van der Waals surface area contributed by atoms with Gasteiger partial charge in [0.05, 0.1) is 17.9 Å². The van der Waals surface area contributed by atoms with Crippen LogP contribution in [0.2, 0.25) is 0 Å². The summed E-state index contributed by atoms with van der Waals surface area (Å²) in [5, 5.41) is 21.0. The van der Waals surface area contributed by atoms with Gasteiger partial charge in [-0.1, -0.05) is 6.07 Å². The van der Waals surface area contributed by atoms with Crippen molar-refractivity contribution in [2.75, 3.05) is 24.5 Å². The van der Waals surface area contributed by atoms with E-state index in [9.17, 15) is 4.79 Å². The number of anilines is 1. The molecule has 18 heavy (non-hydrogen) atoms. The van der Waals surface area contributed by atoms with Crippen molar-refractivity contribution >= 4 is 11.6 Å². The average molecular weight is 245 g/mol. The zero-order chi connectivity index (χ0) is 13.0. The molecule has 1 aromatic rings. The van der Waals surface area contributed by atoms with Crippen LogP contribution in [0.1, 0.15) is 17.5 Å². The van der Waals surface area contributed by atoms with Gasteiger partial charge in [-0.3, -0.25) is 4.79 Å². The number of hydrogen-bond donors (Lipinski definition) is 2. The van der Waals surface area contributed by atoms with Gasteiger partial charge in [-0.2, -0.15) is 5.26 Å². The third kappa shape index (κ3) is 2.60. The maximum Gasteiger partial charge on any atom is 0.221 e. The van der Waals surface area contributed by atoms with Crippen LogP contribution in [-0.2, 0) is 11.4 Å². The average Bonchev–Trinajstić information content (AvgIpc) is 2.62. The topological polar surface area (TPSA) is 76.4 Å². The Morgan fingerprint density at radius 3 is 3.00 bits per heavy atom. The molecule has 0 unspecified atom stereocenters. The van der Waals surface area contributed by atoms with E-state index >= 15 is 0 Å². The van der Waals surface area contributed by atoms with E-state index < -0.39 is 0 Å². The van der Waals surface area contributed by atoms with Crippen molar-refractivity contribution in [1.82, 2.24) is 5.32 Å². The molecule has 1 saturated heterocycles. The van der Waals surface area contributed by atoms with Gasteiger partial charge in [-0.25, -0.2) is 0 Å². The maximum absolute atomic E-state index is 11.3. The van der Waals surface area contributed by atoms with Crippen LogP contribution in [0.4, 0.5) is 5.69 Å². The van der Waals surface area contributed by atoms with Crippen molar-refractivity contribution < 1.29 is 9.90 Å². The Kier molecular flexibility index (Phi) is 3.80. The minimum Gasteiger partial charge on any atom is -0.392 e. The number of nitrogens with zero attached hydrogens (tertiary/aromatic N) is 2. The second-order valence-electron chi connectivity index (χ2n) is 4.21. The molecule has 1 aliphatic heterocycles. The molecule has 0 aromatic heterocycles. The predicted molar refractivity (Wildman–Crippen MR) is 66.9 cm³/mol. The molecular weight excluding hydrogens is 230 g/mol. The van der Waals surface area contributed by atoms with Crippen molar-refractivity contribution in [1.29, 1.82) is 5.26 Å². The number of carbonyl (C=O) groups excluding carboxylic acids is 1. The fourth-order valence-electron chi connectivity index (χ4n) is 2.05. The van der Waals surface area contributed by atoms with Crippen molar-refractivity contribution in [3.05, 3.63) is 29.3 Å². The monoisotopic (exact) mass is 245 g/mol. The summed E-state index contributed by atoms with van der Waals surface area (Å²) in [6, 6.07) is 7.47. The van der Waals surface area contributed by atoms with Crippen LogP contribution in [0.15, 0.2) is 18.2 Å². The number of aliphatic hydroxyl groups excluding tert-OH is 1.